The highest BCUT2D eigenvalue weighted by molar-refractivity contribution is 7.80. The lowest BCUT2D eigenvalue weighted by atomic mass is 10.2. The van der Waals surface area contributed by atoms with Crippen LogP contribution in [0.5, 0.6) is 0 Å². The molecule has 0 saturated heterocycles. The molecular formula is C12H21N3OS. The van der Waals surface area contributed by atoms with E-state index in [-0.39, 0.29) is 5.56 Å². The van der Waals surface area contributed by atoms with Crippen LogP contribution in [-0.2, 0) is 6.54 Å². The number of rotatable bonds is 7. The molecule has 0 saturated carbocycles. The minimum Gasteiger partial charge on any atom is -0.376 e. The average Bonchev–Trinajstić information content (AvgIpc) is 2.30. The van der Waals surface area contributed by atoms with Crippen molar-refractivity contribution in [2.75, 3.05) is 24.7 Å². The zero-order chi connectivity index (χ0) is 12.7. The lowest BCUT2D eigenvalue weighted by Gasteiger charge is -2.12. The molecule has 1 aromatic rings. The summed E-state index contributed by atoms with van der Waals surface area (Å²) in [4.78, 5) is 13.6. The Bertz CT molecular complexity index is 390. The van der Waals surface area contributed by atoms with Gasteiger partial charge in [-0.25, -0.2) is 4.68 Å². The Morgan fingerprint density at radius 1 is 1.29 bits per heavy atom. The van der Waals surface area contributed by atoms with Gasteiger partial charge in [0.2, 0.25) is 0 Å². The number of thiol groups is 1. The highest BCUT2D eigenvalue weighted by atomic mass is 32.1. The molecule has 5 heteroatoms. The number of aryl methyl sites for hydroxylation is 1. The van der Waals surface area contributed by atoms with Crippen molar-refractivity contribution in [1.82, 2.24) is 9.78 Å². The molecular weight excluding hydrogens is 234 g/mol. The molecule has 1 rings (SSSR count). The SMILES string of the molecule is CN(C)c1cnn(CCCCCCS)c(=O)c1. The Balaban J connectivity index is 2.47. The van der Waals surface area contributed by atoms with Crippen LogP contribution in [0.15, 0.2) is 17.1 Å². The van der Waals surface area contributed by atoms with Crippen LogP contribution in [0.4, 0.5) is 5.69 Å². The number of nitrogens with zero attached hydrogens (tertiary/aromatic N) is 3. The molecule has 1 aromatic heterocycles. The Morgan fingerprint density at radius 2 is 2.00 bits per heavy atom. The van der Waals surface area contributed by atoms with Crippen molar-refractivity contribution in [2.24, 2.45) is 0 Å². The van der Waals surface area contributed by atoms with Crippen molar-refractivity contribution >= 4 is 18.3 Å². The molecule has 4 nitrogen and oxygen atoms in total. The summed E-state index contributed by atoms with van der Waals surface area (Å²) in [6.45, 7) is 0.707. The topological polar surface area (TPSA) is 38.1 Å². The third-order valence-corrected chi connectivity index (χ3v) is 2.97. The third-order valence-electron chi connectivity index (χ3n) is 2.65. The zero-order valence-electron chi connectivity index (χ0n) is 10.6. The van der Waals surface area contributed by atoms with Gasteiger partial charge in [-0.1, -0.05) is 12.8 Å². The molecule has 0 unspecified atom stereocenters. The number of hydrogen-bond acceptors (Lipinski definition) is 4. The van der Waals surface area contributed by atoms with Gasteiger partial charge in [-0.05, 0) is 18.6 Å². The van der Waals surface area contributed by atoms with Gasteiger partial charge in [0.05, 0.1) is 11.9 Å². The first-order valence-corrected chi connectivity index (χ1v) is 6.63. The van der Waals surface area contributed by atoms with E-state index in [1.54, 1.807) is 12.3 Å². The van der Waals surface area contributed by atoms with Crippen LogP contribution < -0.4 is 10.5 Å². The second kappa shape index (κ2) is 7.37. The number of aromatic nitrogens is 2. The van der Waals surface area contributed by atoms with Gasteiger partial charge in [-0.3, -0.25) is 4.79 Å². The minimum atomic E-state index is -0.0228. The summed E-state index contributed by atoms with van der Waals surface area (Å²) in [6, 6.07) is 1.63. The predicted molar refractivity (Wildman–Crippen MR) is 75.1 cm³/mol. The van der Waals surface area contributed by atoms with Gasteiger partial charge in [0.1, 0.15) is 0 Å². The fourth-order valence-corrected chi connectivity index (χ4v) is 1.79. The quantitative estimate of drug-likeness (QED) is 0.596. The van der Waals surface area contributed by atoms with E-state index >= 15 is 0 Å². The minimum absolute atomic E-state index is 0.0228. The van der Waals surface area contributed by atoms with Crippen LogP contribution in [0.2, 0.25) is 0 Å². The fraction of sp³-hybridized carbons (Fsp3) is 0.667. The van der Waals surface area contributed by atoms with E-state index in [1.165, 1.54) is 11.1 Å². The van der Waals surface area contributed by atoms with E-state index in [1.807, 2.05) is 19.0 Å². The van der Waals surface area contributed by atoms with Crippen LogP contribution in [0.25, 0.3) is 0 Å². The van der Waals surface area contributed by atoms with Gasteiger partial charge in [0.15, 0.2) is 0 Å². The van der Waals surface area contributed by atoms with Gasteiger partial charge in [-0.15, -0.1) is 0 Å². The van der Waals surface area contributed by atoms with Gasteiger partial charge in [0, 0.05) is 26.7 Å². The molecule has 0 aliphatic heterocycles. The molecule has 1 heterocycles. The molecule has 96 valence electrons. The first-order chi connectivity index (χ1) is 8.15. The molecule has 0 atom stereocenters. The smallest absolute Gasteiger partial charge is 0.268 e. The Kier molecular flexibility index (Phi) is 6.11. The fourth-order valence-electron chi connectivity index (χ4n) is 1.56. The standard InChI is InChI=1S/C12H21N3OS/c1-14(2)11-9-12(16)15(13-10-11)7-5-3-4-6-8-17/h9-10,17H,3-8H2,1-2H3. The van der Waals surface area contributed by atoms with Gasteiger partial charge < -0.3 is 4.90 Å². The monoisotopic (exact) mass is 255 g/mol. The van der Waals surface area contributed by atoms with E-state index in [4.69, 9.17) is 0 Å². The molecule has 0 N–H and O–H groups in total. The average molecular weight is 255 g/mol. The summed E-state index contributed by atoms with van der Waals surface area (Å²) < 4.78 is 1.54. The molecule has 0 bridgehead atoms. The van der Waals surface area contributed by atoms with E-state index < -0.39 is 0 Å². The molecule has 0 amide bonds. The maximum absolute atomic E-state index is 11.7. The zero-order valence-corrected chi connectivity index (χ0v) is 11.5. The van der Waals surface area contributed by atoms with Crippen LogP contribution in [-0.4, -0.2) is 29.6 Å². The maximum Gasteiger partial charge on any atom is 0.268 e. The summed E-state index contributed by atoms with van der Waals surface area (Å²) in [5, 5.41) is 4.16. The van der Waals surface area contributed by atoms with Crippen molar-refractivity contribution in [3.8, 4) is 0 Å². The molecule has 0 aliphatic rings. The van der Waals surface area contributed by atoms with Crippen molar-refractivity contribution < 1.29 is 0 Å². The third kappa shape index (κ3) is 4.81. The number of unbranched alkanes of at least 4 members (excludes halogenated alkanes) is 3. The summed E-state index contributed by atoms with van der Waals surface area (Å²) in [7, 11) is 3.80. The Labute approximate surface area is 108 Å². The maximum atomic E-state index is 11.7. The first-order valence-electron chi connectivity index (χ1n) is 6.00. The van der Waals surface area contributed by atoms with Crippen LogP contribution >= 0.6 is 12.6 Å². The lowest BCUT2D eigenvalue weighted by Crippen LogP contribution is -2.24. The molecule has 17 heavy (non-hydrogen) atoms. The summed E-state index contributed by atoms with van der Waals surface area (Å²) >= 11 is 4.17. The van der Waals surface area contributed by atoms with E-state index in [2.05, 4.69) is 17.7 Å². The summed E-state index contributed by atoms with van der Waals surface area (Å²) in [5.41, 5.74) is 0.826. The predicted octanol–water partition coefficient (Wildman–Crippen LogP) is 1.80. The Morgan fingerprint density at radius 3 is 2.59 bits per heavy atom. The van der Waals surface area contributed by atoms with Gasteiger partial charge in [0.25, 0.3) is 5.56 Å². The van der Waals surface area contributed by atoms with Crippen molar-refractivity contribution in [2.45, 2.75) is 32.2 Å². The lowest BCUT2D eigenvalue weighted by molar-refractivity contribution is 0.520. The highest BCUT2D eigenvalue weighted by Crippen LogP contribution is 2.05. The second-order valence-electron chi connectivity index (χ2n) is 4.31. The number of hydrogen-bond donors (Lipinski definition) is 1. The van der Waals surface area contributed by atoms with Gasteiger partial charge >= 0.3 is 0 Å². The second-order valence-corrected chi connectivity index (χ2v) is 4.75. The van der Waals surface area contributed by atoms with E-state index in [0.29, 0.717) is 6.54 Å². The summed E-state index contributed by atoms with van der Waals surface area (Å²) in [6.07, 6.45) is 6.18. The number of anilines is 1. The van der Waals surface area contributed by atoms with Gasteiger partial charge in [-0.2, -0.15) is 17.7 Å². The highest BCUT2D eigenvalue weighted by Gasteiger charge is 2.01. The Hall–Kier alpha value is -0.970. The van der Waals surface area contributed by atoms with E-state index in [9.17, 15) is 4.79 Å². The molecule has 0 aliphatic carbocycles. The molecule has 0 spiro atoms. The van der Waals surface area contributed by atoms with Crippen LogP contribution in [0.1, 0.15) is 25.7 Å². The van der Waals surface area contributed by atoms with Crippen molar-refractivity contribution in [1.29, 1.82) is 0 Å². The molecule has 0 radical (unpaired) electrons. The summed E-state index contributed by atoms with van der Waals surface area (Å²) in [5.74, 6) is 0.940. The van der Waals surface area contributed by atoms with Crippen molar-refractivity contribution in [3.63, 3.8) is 0 Å². The van der Waals surface area contributed by atoms with Crippen LogP contribution in [0, 0.1) is 0 Å². The normalized spacial score (nSPS) is 10.5. The molecule has 0 fully saturated rings. The molecule has 0 aromatic carbocycles. The van der Waals surface area contributed by atoms with Crippen LogP contribution in [0.3, 0.4) is 0 Å². The first kappa shape index (κ1) is 14.1. The van der Waals surface area contributed by atoms with Crippen molar-refractivity contribution in [3.05, 3.63) is 22.6 Å². The van der Waals surface area contributed by atoms with E-state index in [0.717, 1.165) is 30.7 Å². The largest absolute Gasteiger partial charge is 0.376 e.